The molecule has 2 aromatic rings. The largest absolute Gasteiger partial charge is 0.493 e. The number of carbonyl (C=O) groups is 1. The number of urea groups is 1. The van der Waals surface area contributed by atoms with Gasteiger partial charge in [-0.25, -0.2) is 10.2 Å². The lowest BCUT2D eigenvalue weighted by atomic mass is 10.2. The van der Waals surface area contributed by atoms with E-state index >= 15 is 0 Å². The Kier molecular flexibility index (Phi) is 7.10. The van der Waals surface area contributed by atoms with Crippen LogP contribution in [0.3, 0.4) is 0 Å². The summed E-state index contributed by atoms with van der Waals surface area (Å²) < 4.78 is 11.4. The average molecular weight is 362 g/mol. The zero-order chi connectivity index (χ0) is 18.1. The number of halogens is 1. The number of primary amides is 1. The van der Waals surface area contributed by atoms with Crippen LogP contribution in [0.25, 0.3) is 0 Å². The molecule has 0 heterocycles. The Labute approximate surface area is 151 Å². The summed E-state index contributed by atoms with van der Waals surface area (Å²) in [6.45, 7) is 2.95. The molecule has 0 bridgehead atoms. The molecule has 132 valence electrons. The van der Waals surface area contributed by atoms with Crippen LogP contribution in [-0.4, -0.2) is 25.5 Å². The smallest absolute Gasteiger partial charge is 0.332 e. The number of hydrogen-bond acceptors (Lipinski definition) is 4. The first-order valence-corrected chi connectivity index (χ1v) is 8.13. The fourth-order valence-corrected chi connectivity index (χ4v) is 2.14. The van der Waals surface area contributed by atoms with Crippen molar-refractivity contribution in [1.82, 2.24) is 5.43 Å². The van der Waals surface area contributed by atoms with E-state index in [2.05, 4.69) is 10.5 Å². The number of benzene rings is 2. The molecule has 0 fully saturated rings. The van der Waals surface area contributed by atoms with E-state index in [4.69, 9.17) is 26.8 Å². The zero-order valence-electron chi connectivity index (χ0n) is 13.9. The highest BCUT2D eigenvalue weighted by Crippen LogP contribution is 2.21. The molecular weight excluding hydrogens is 342 g/mol. The summed E-state index contributed by atoms with van der Waals surface area (Å²) in [5.74, 6) is 1.45. The van der Waals surface area contributed by atoms with E-state index in [1.165, 1.54) is 6.21 Å². The Morgan fingerprint density at radius 1 is 1.24 bits per heavy atom. The predicted molar refractivity (Wildman–Crippen MR) is 98.6 cm³/mol. The van der Waals surface area contributed by atoms with E-state index in [0.29, 0.717) is 25.4 Å². The lowest BCUT2D eigenvalue weighted by Gasteiger charge is -2.10. The van der Waals surface area contributed by atoms with Gasteiger partial charge in [0.25, 0.3) is 0 Å². The highest BCUT2D eigenvalue weighted by Gasteiger charge is 2.02. The lowest BCUT2D eigenvalue weighted by molar-refractivity contribution is 0.247. The SMILES string of the molecule is Cc1cc(OCCCOc2ccccc2/C=N/NC(N)=O)ccc1Cl. The third-order valence-electron chi connectivity index (χ3n) is 3.24. The molecule has 0 aliphatic rings. The van der Waals surface area contributed by atoms with Gasteiger partial charge < -0.3 is 15.2 Å². The molecule has 0 saturated carbocycles. The van der Waals surface area contributed by atoms with Crippen LogP contribution < -0.4 is 20.6 Å². The lowest BCUT2D eigenvalue weighted by Crippen LogP contribution is -2.24. The van der Waals surface area contributed by atoms with Crippen LogP contribution in [0.5, 0.6) is 11.5 Å². The maximum atomic E-state index is 10.6. The molecule has 2 aromatic carbocycles. The second kappa shape index (κ2) is 9.54. The van der Waals surface area contributed by atoms with Crippen LogP contribution in [-0.2, 0) is 0 Å². The molecule has 0 saturated heterocycles. The van der Waals surface area contributed by atoms with E-state index in [0.717, 1.165) is 21.9 Å². The molecular formula is C18H20ClN3O3. The number of aryl methyl sites for hydroxylation is 1. The highest BCUT2D eigenvalue weighted by atomic mass is 35.5. The highest BCUT2D eigenvalue weighted by molar-refractivity contribution is 6.31. The normalized spacial score (nSPS) is 10.6. The second-order valence-corrected chi connectivity index (χ2v) is 5.64. The molecule has 0 spiro atoms. The summed E-state index contributed by atoms with van der Waals surface area (Å²) >= 11 is 5.98. The number of nitrogens with one attached hydrogen (secondary N) is 1. The van der Waals surface area contributed by atoms with E-state index < -0.39 is 6.03 Å². The van der Waals surface area contributed by atoms with Crippen molar-refractivity contribution in [3.05, 3.63) is 58.6 Å². The minimum absolute atomic E-state index is 0.487. The molecule has 2 amide bonds. The molecule has 0 aliphatic heterocycles. The van der Waals surface area contributed by atoms with Crippen molar-refractivity contribution >= 4 is 23.8 Å². The van der Waals surface area contributed by atoms with Crippen LogP contribution in [0.4, 0.5) is 4.79 Å². The van der Waals surface area contributed by atoms with Gasteiger partial charge in [0.05, 0.1) is 19.4 Å². The van der Waals surface area contributed by atoms with Gasteiger partial charge in [0, 0.05) is 17.0 Å². The van der Waals surface area contributed by atoms with Crippen molar-refractivity contribution in [1.29, 1.82) is 0 Å². The van der Waals surface area contributed by atoms with Crippen LogP contribution in [0.2, 0.25) is 5.02 Å². The van der Waals surface area contributed by atoms with Crippen molar-refractivity contribution < 1.29 is 14.3 Å². The molecule has 0 unspecified atom stereocenters. The molecule has 0 aliphatic carbocycles. The summed E-state index contributed by atoms with van der Waals surface area (Å²) in [6.07, 6.45) is 2.19. The number of nitrogens with zero attached hydrogens (tertiary/aromatic N) is 1. The van der Waals surface area contributed by atoms with Gasteiger partial charge in [0.15, 0.2) is 0 Å². The molecule has 0 aromatic heterocycles. The van der Waals surface area contributed by atoms with E-state index in [9.17, 15) is 4.79 Å². The maximum absolute atomic E-state index is 10.6. The van der Waals surface area contributed by atoms with Crippen LogP contribution in [0, 0.1) is 6.92 Å². The monoisotopic (exact) mass is 361 g/mol. The van der Waals surface area contributed by atoms with Gasteiger partial charge in [-0.2, -0.15) is 5.10 Å². The number of para-hydroxylation sites is 1. The molecule has 3 N–H and O–H groups in total. The maximum Gasteiger partial charge on any atom is 0.332 e. The number of rotatable bonds is 8. The molecule has 0 radical (unpaired) electrons. The van der Waals surface area contributed by atoms with Gasteiger partial charge >= 0.3 is 6.03 Å². The third-order valence-corrected chi connectivity index (χ3v) is 3.67. The van der Waals surface area contributed by atoms with Gasteiger partial charge in [0.2, 0.25) is 0 Å². The first-order valence-electron chi connectivity index (χ1n) is 7.75. The number of nitrogens with two attached hydrogens (primary N) is 1. The number of hydrazone groups is 1. The van der Waals surface area contributed by atoms with Crippen LogP contribution in [0.1, 0.15) is 17.5 Å². The second-order valence-electron chi connectivity index (χ2n) is 5.23. The number of amides is 2. The first-order chi connectivity index (χ1) is 12.1. The van der Waals surface area contributed by atoms with Crippen LogP contribution >= 0.6 is 11.6 Å². The Morgan fingerprint density at radius 3 is 2.76 bits per heavy atom. The summed E-state index contributed by atoms with van der Waals surface area (Å²) in [4.78, 5) is 10.6. The van der Waals surface area contributed by atoms with E-state index in [1.807, 2.05) is 49.4 Å². The fraction of sp³-hybridized carbons (Fsp3) is 0.222. The fourth-order valence-electron chi connectivity index (χ4n) is 2.02. The van der Waals surface area contributed by atoms with Gasteiger partial charge in [-0.15, -0.1) is 0 Å². The zero-order valence-corrected chi connectivity index (χ0v) is 14.6. The molecule has 2 rings (SSSR count). The summed E-state index contributed by atoms with van der Waals surface area (Å²) in [6, 6.07) is 12.2. The van der Waals surface area contributed by atoms with E-state index in [-0.39, 0.29) is 0 Å². The quantitative estimate of drug-likeness (QED) is 0.428. The van der Waals surface area contributed by atoms with Gasteiger partial charge in [-0.05, 0) is 42.8 Å². The Hall–Kier alpha value is -2.73. The topological polar surface area (TPSA) is 85.9 Å². The number of ether oxygens (including phenoxy) is 2. The minimum Gasteiger partial charge on any atom is -0.493 e. The predicted octanol–water partition coefficient (Wildman–Crippen LogP) is 3.50. The van der Waals surface area contributed by atoms with Crippen LogP contribution in [0.15, 0.2) is 47.6 Å². The standard InChI is InChI=1S/C18H20ClN3O3/c1-13-11-15(7-8-16(13)19)24-9-4-10-25-17-6-3-2-5-14(17)12-21-22-18(20)23/h2-3,5-8,11-12H,4,9-10H2,1H3,(H3,20,22,23)/b21-12+. The van der Waals surface area contributed by atoms with Gasteiger partial charge in [0.1, 0.15) is 11.5 Å². The molecule has 6 nitrogen and oxygen atoms in total. The molecule has 0 atom stereocenters. The van der Waals surface area contributed by atoms with Gasteiger partial charge in [-0.1, -0.05) is 23.7 Å². The van der Waals surface area contributed by atoms with Crippen molar-refractivity contribution in [3.63, 3.8) is 0 Å². The van der Waals surface area contributed by atoms with E-state index in [1.54, 1.807) is 0 Å². The summed E-state index contributed by atoms with van der Waals surface area (Å²) in [5.41, 5.74) is 8.83. The minimum atomic E-state index is -0.718. The number of hydrogen-bond donors (Lipinski definition) is 2. The summed E-state index contributed by atoms with van der Waals surface area (Å²) in [7, 11) is 0. The molecule has 25 heavy (non-hydrogen) atoms. The third kappa shape index (κ3) is 6.35. The summed E-state index contributed by atoms with van der Waals surface area (Å²) in [5, 5.41) is 4.46. The molecule has 7 heteroatoms. The van der Waals surface area contributed by atoms with Gasteiger partial charge in [-0.3, -0.25) is 0 Å². The van der Waals surface area contributed by atoms with Crippen molar-refractivity contribution in [3.8, 4) is 11.5 Å². The van der Waals surface area contributed by atoms with Crippen molar-refractivity contribution in [2.24, 2.45) is 10.8 Å². The van der Waals surface area contributed by atoms with Crippen molar-refractivity contribution in [2.45, 2.75) is 13.3 Å². The van der Waals surface area contributed by atoms with Crippen molar-refractivity contribution in [2.75, 3.05) is 13.2 Å². The number of carbonyl (C=O) groups excluding carboxylic acids is 1. The Bertz CT molecular complexity index is 750. The Balaban J connectivity index is 1.78. The Morgan fingerprint density at radius 2 is 2.00 bits per heavy atom. The average Bonchev–Trinajstić information content (AvgIpc) is 2.58. The first kappa shape index (κ1) is 18.6.